The minimum Gasteiger partial charge on any atom is -0.493 e. The molecule has 0 fully saturated rings. The monoisotopic (exact) mass is 505 g/mol. The summed E-state index contributed by atoms with van der Waals surface area (Å²) in [4.78, 5) is 18.0. The van der Waals surface area contributed by atoms with Crippen LogP contribution in [0.15, 0.2) is 46.3 Å². The second-order valence-electron chi connectivity index (χ2n) is 7.83. The summed E-state index contributed by atoms with van der Waals surface area (Å²) >= 11 is 1.39. The molecule has 0 spiro atoms. The molecule has 0 unspecified atom stereocenters. The molecule has 3 rings (SSSR count). The maximum atomic E-state index is 12.9. The zero-order valence-electron chi connectivity index (χ0n) is 20.2. The van der Waals surface area contributed by atoms with Gasteiger partial charge in [-0.1, -0.05) is 31.6 Å². The van der Waals surface area contributed by atoms with E-state index in [1.54, 1.807) is 21.3 Å². The second-order valence-corrected chi connectivity index (χ2v) is 10.9. The number of rotatable bonds is 10. The molecule has 0 bridgehead atoms. The van der Waals surface area contributed by atoms with Crippen molar-refractivity contribution in [2.24, 2.45) is 4.99 Å². The van der Waals surface area contributed by atoms with E-state index >= 15 is 0 Å². The molecule has 10 heteroatoms. The van der Waals surface area contributed by atoms with Crippen LogP contribution in [0.2, 0.25) is 0 Å². The molecule has 184 valence electrons. The van der Waals surface area contributed by atoms with Crippen LogP contribution in [-0.4, -0.2) is 51.0 Å². The third-order valence-corrected chi connectivity index (χ3v) is 8.38. The van der Waals surface area contributed by atoms with Crippen molar-refractivity contribution in [1.29, 1.82) is 0 Å². The number of nitrogens with zero attached hydrogens (tertiary/aromatic N) is 3. The van der Waals surface area contributed by atoms with Crippen molar-refractivity contribution in [3.63, 3.8) is 0 Å². The number of hydrogen-bond donors (Lipinski definition) is 0. The number of amides is 1. The minimum atomic E-state index is -3.59. The van der Waals surface area contributed by atoms with E-state index in [1.807, 2.05) is 23.6 Å². The van der Waals surface area contributed by atoms with E-state index in [4.69, 9.17) is 9.47 Å². The first-order chi connectivity index (χ1) is 16.3. The van der Waals surface area contributed by atoms with Crippen molar-refractivity contribution in [2.75, 3.05) is 27.8 Å². The van der Waals surface area contributed by atoms with E-state index in [0.29, 0.717) is 35.0 Å². The Hall–Kier alpha value is -2.69. The van der Waals surface area contributed by atoms with E-state index in [9.17, 15) is 13.2 Å². The van der Waals surface area contributed by atoms with Gasteiger partial charge in [-0.15, -0.1) is 0 Å². The van der Waals surface area contributed by atoms with Gasteiger partial charge < -0.3 is 14.0 Å². The molecule has 0 saturated heterocycles. The molecule has 0 aliphatic rings. The molecule has 0 aliphatic heterocycles. The average molecular weight is 506 g/mol. The molecule has 8 nitrogen and oxygen atoms in total. The Morgan fingerprint density at radius 1 is 1.06 bits per heavy atom. The fourth-order valence-corrected chi connectivity index (χ4v) is 5.80. The van der Waals surface area contributed by atoms with Crippen LogP contribution >= 0.6 is 11.3 Å². The van der Waals surface area contributed by atoms with Gasteiger partial charge in [0, 0.05) is 37.8 Å². The molecule has 0 aliphatic carbocycles. The average Bonchev–Trinajstić information content (AvgIpc) is 3.17. The Labute approximate surface area is 204 Å². The summed E-state index contributed by atoms with van der Waals surface area (Å²) in [5.74, 6) is 0.785. The normalized spacial score (nSPS) is 12.5. The lowest BCUT2D eigenvalue weighted by atomic mass is 10.2. The molecular formula is C24H31N3O5S2. The Bertz CT molecular complexity index is 1330. The number of aromatic nitrogens is 1. The van der Waals surface area contributed by atoms with Crippen molar-refractivity contribution in [3.05, 3.63) is 46.8 Å². The van der Waals surface area contributed by atoms with Gasteiger partial charge in [0.1, 0.15) is 0 Å². The smallest absolute Gasteiger partial charge is 0.279 e. The lowest BCUT2D eigenvalue weighted by Crippen LogP contribution is -2.27. The van der Waals surface area contributed by atoms with Crippen molar-refractivity contribution in [2.45, 2.75) is 44.6 Å². The first kappa shape index (κ1) is 25.9. The molecule has 0 atom stereocenters. The zero-order valence-corrected chi connectivity index (χ0v) is 21.8. The summed E-state index contributed by atoms with van der Waals surface area (Å²) in [6.45, 7) is 5.20. The van der Waals surface area contributed by atoms with Crippen molar-refractivity contribution in [1.82, 2.24) is 8.87 Å². The highest BCUT2D eigenvalue weighted by molar-refractivity contribution is 7.89. The van der Waals surface area contributed by atoms with Crippen LogP contribution in [0.1, 0.15) is 43.5 Å². The van der Waals surface area contributed by atoms with Crippen LogP contribution in [0, 0.1) is 0 Å². The first-order valence-corrected chi connectivity index (χ1v) is 13.4. The summed E-state index contributed by atoms with van der Waals surface area (Å²) in [7, 11) is 1.14. The van der Waals surface area contributed by atoms with Crippen molar-refractivity contribution in [3.8, 4) is 11.5 Å². The summed E-state index contributed by atoms with van der Waals surface area (Å²) in [5, 5.41) is 0. The number of thiazole rings is 1. The maximum absolute atomic E-state index is 12.9. The molecule has 1 heterocycles. The fraction of sp³-hybridized carbons (Fsp3) is 0.417. The van der Waals surface area contributed by atoms with Crippen LogP contribution in [-0.2, 0) is 16.6 Å². The first-order valence-electron chi connectivity index (χ1n) is 11.2. The number of unbranched alkanes of at least 4 members (excludes halogenated alkanes) is 1. The lowest BCUT2D eigenvalue weighted by molar-refractivity contribution is 0.0997. The SMILES string of the molecule is CCCCN(C)S(=O)(=O)c1ccc(C(=O)N=c2sc3cc(OC)c(OC)cc3n2CCC)cc1. The summed E-state index contributed by atoms with van der Waals surface area (Å²) in [6.07, 6.45) is 2.56. The third-order valence-electron chi connectivity index (χ3n) is 5.47. The van der Waals surface area contributed by atoms with Gasteiger partial charge in [0.25, 0.3) is 5.91 Å². The predicted octanol–water partition coefficient (Wildman–Crippen LogP) is 4.29. The highest BCUT2D eigenvalue weighted by Gasteiger charge is 2.20. The topological polar surface area (TPSA) is 90.2 Å². The van der Waals surface area contributed by atoms with Gasteiger partial charge in [-0.3, -0.25) is 4.79 Å². The number of hydrogen-bond acceptors (Lipinski definition) is 6. The van der Waals surface area contributed by atoms with Gasteiger partial charge in [0.2, 0.25) is 10.0 Å². The molecule has 34 heavy (non-hydrogen) atoms. The number of sulfonamides is 1. The Morgan fingerprint density at radius 2 is 1.71 bits per heavy atom. The Balaban J connectivity index is 1.97. The lowest BCUT2D eigenvalue weighted by Gasteiger charge is -2.16. The van der Waals surface area contributed by atoms with Crippen LogP contribution in [0.25, 0.3) is 10.2 Å². The van der Waals surface area contributed by atoms with E-state index in [1.165, 1.54) is 39.9 Å². The van der Waals surface area contributed by atoms with Crippen LogP contribution in [0.5, 0.6) is 11.5 Å². The van der Waals surface area contributed by atoms with Gasteiger partial charge in [-0.2, -0.15) is 4.99 Å². The maximum Gasteiger partial charge on any atom is 0.279 e. The largest absolute Gasteiger partial charge is 0.493 e. The zero-order chi connectivity index (χ0) is 24.9. The summed E-state index contributed by atoms with van der Waals surface area (Å²) in [6, 6.07) is 9.70. The molecule has 1 aromatic heterocycles. The Kier molecular flexibility index (Phi) is 8.51. The van der Waals surface area contributed by atoms with Crippen LogP contribution in [0.3, 0.4) is 0 Å². The molecule has 0 N–H and O–H groups in total. The minimum absolute atomic E-state index is 0.157. The number of methoxy groups -OCH3 is 2. The van der Waals surface area contributed by atoms with E-state index in [-0.39, 0.29) is 4.90 Å². The van der Waals surface area contributed by atoms with E-state index < -0.39 is 15.9 Å². The third kappa shape index (κ3) is 5.34. The summed E-state index contributed by atoms with van der Waals surface area (Å²) in [5.41, 5.74) is 1.23. The number of fused-ring (bicyclic) bond motifs is 1. The number of carbonyl (C=O) groups is 1. The fourth-order valence-electron chi connectivity index (χ4n) is 3.52. The molecule has 0 saturated carbocycles. The van der Waals surface area contributed by atoms with Gasteiger partial charge in [0.05, 0.1) is 29.3 Å². The molecule has 0 radical (unpaired) electrons. The molecular weight excluding hydrogens is 474 g/mol. The van der Waals surface area contributed by atoms with Gasteiger partial charge in [-0.25, -0.2) is 12.7 Å². The number of carbonyl (C=O) groups excluding carboxylic acids is 1. The predicted molar refractivity (Wildman–Crippen MR) is 134 cm³/mol. The number of ether oxygens (including phenoxy) is 2. The molecule has 2 aromatic carbocycles. The Morgan fingerprint density at radius 3 is 2.29 bits per heavy atom. The van der Waals surface area contributed by atoms with Gasteiger partial charge in [-0.05, 0) is 37.1 Å². The second kappa shape index (κ2) is 11.2. The van der Waals surface area contributed by atoms with Crippen LogP contribution in [0.4, 0.5) is 0 Å². The highest BCUT2D eigenvalue weighted by Crippen LogP contribution is 2.33. The van der Waals surface area contributed by atoms with Gasteiger partial charge in [0.15, 0.2) is 16.3 Å². The quantitative estimate of drug-likeness (QED) is 0.410. The van der Waals surface area contributed by atoms with Crippen molar-refractivity contribution < 1.29 is 22.7 Å². The highest BCUT2D eigenvalue weighted by atomic mass is 32.2. The molecule has 1 amide bonds. The van der Waals surface area contributed by atoms with E-state index in [2.05, 4.69) is 11.9 Å². The standard InChI is InChI=1S/C24H31N3O5S2/c1-6-8-14-26(3)34(29,30)18-11-9-17(10-12-18)23(28)25-24-27(13-7-2)19-15-20(31-4)21(32-5)16-22(19)33-24/h9-12,15-16H,6-8,13-14H2,1-5H3. The number of aryl methyl sites for hydroxylation is 1. The van der Waals surface area contributed by atoms with E-state index in [0.717, 1.165) is 29.5 Å². The number of benzene rings is 2. The van der Waals surface area contributed by atoms with Crippen molar-refractivity contribution >= 4 is 37.5 Å². The molecule has 3 aromatic rings. The summed E-state index contributed by atoms with van der Waals surface area (Å²) < 4.78 is 40.5. The van der Waals surface area contributed by atoms with Gasteiger partial charge >= 0.3 is 0 Å². The van der Waals surface area contributed by atoms with Crippen LogP contribution < -0.4 is 14.3 Å².